The number of likely N-dealkylation sites (N-methyl/N-ethyl adjacent to an activating group) is 1. The zero-order chi connectivity index (χ0) is 21.4. The van der Waals surface area contributed by atoms with Crippen LogP contribution in [-0.4, -0.2) is 43.5 Å². The fourth-order valence-electron chi connectivity index (χ4n) is 3.87. The molecule has 0 unspecified atom stereocenters. The topological polar surface area (TPSA) is 88.7 Å². The standard InChI is InChI=1S/C22H25N5O3/c1-4-14(3)25-12-16-20(22(25)30)26(13-18(28)23-5-2)19-11-17(24-27(19)21(16)29)15-9-7-6-8-10-15/h6-11,14H,4-5,12-13H2,1-3H3,(H,23,28)/t14-/m0/s1. The van der Waals surface area contributed by atoms with Crippen molar-refractivity contribution in [3.8, 4) is 11.3 Å². The first-order chi connectivity index (χ1) is 14.5. The summed E-state index contributed by atoms with van der Waals surface area (Å²) in [6.45, 7) is 6.46. The van der Waals surface area contributed by atoms with Crippen molar-refractivity contribution in [2.75, 3.05) is 6.54 Å². The van der Waals surface area contributed by atoms with Crippen molar-refractivity contribution < 1.29 is 9.59 Å². The Balaban J connectivity index is 1.94. The molecule has 1 aromatic carbocycles. The molecule has 1 N–H and O–H groups in total. The Bertz CT molecular complexity index is 1180. The summed E-state index contributed by atoms with van der Waals surface area (Å²) in [4.78, 5) is 40.6. The lowest BCUT2D eigenvalue weighted by molar-refractivity contribution is -0.121. The zero-order valence-electron chi connectivity index (χ0n) is 17.4. The van der Waals surface area contributed by atoms with Crippen LogP contribution in [0.4, 0.5) is 0 Å². The molecule has 0 spiro atoms. The third-order valence-electron chi connectivity index (χ3n) is 5.63. The van der Waals surface area contributed by atoms with Crippen molar-refractivity contribution in [2.24, 2.45) is 0 Å². The number of rotatable bonds is 6. The maximum absolute atomic E-state index is 13.2. The van der Waals surface area contributed by atoms with Gasteiger partial charge in [-0.3, -0.25) is 14.4 Å². The predicted molar refractivity (Wildman–Crippen MR) is 113 cm³/mol. The molecule has 2 amide bonds. The van der Waals surface area contributed by atoms with E-state index in [0.717, 1.165) is 12.0 Å². The summed E-state index contributed by atoms with van der Waals surface area (Å²) < 4.78 is 2.94. The maximum Gasteiger partial charge on any atom is 0.280 e. The number of hydrogen-bond acceptors (Lipinski definition) is 4. The number of fused-ring (bicyclic) bond motifs is 2. The van der Waals surface area contributed by atoms with Crippen LogP contribution in [0.5, 0.6) is 0 Å². The molecule has 0 saturated heterocycles. The second-order valence-corrected chi connectivity index (χ2v) is 7.53. The molecule has 156 valence electrons. The predicted octanol–water partition coefficient (Wildman–Crippen LogP) is 2.05. The number of aromatic nitrogens is 3. The van der Waals surface area contributed by atoms with Crippen molar-refractivity contribution in [1.29, 1.82) is 0 Å². The first kappa shape index (κ1) is 19.9. The van der Waals surface area contributed by atoms with E-state index in [9.17, 15) is 14.4 Å². The molecule has 1 atom stereocenters. The molecule has 0 radical (unpaired) electrons. The van der Waals surface area contributed by atoms with Gasteiger partial charge in [-0.05, 0) is 20.3 Å². The van der Waals surface area contributed by atoms with Gasteiger partial charge in [0.2, 0.25) is 5.91 Å². The molecule has 1 aliphatic rings. The van der Waals surface area contributed by atoms with Crippen molar-refractivity contribution in [1.82, 2.24) is 24.4 Å². The molecular weight excluding hydrogens is 382 g/mol. The van der Waals surface area contributed by atoms with Crippen LogP contribution in [0.3, 0.4) is 0 Å². The van der Waals surface area contributed by atoms with Crippen LogP contribution in [0.15, 0.2) is 41.2 Å². The molecule has 0 aliphatic carbocycles. The van der Waals surface area contributed by atoms with Gasteiger partial charge in [0.05, 0.1) is 17.8 Å². The summed E-state index contributed by atoms with van der Waals surface area (Å²) in [5, 5.41) is 7.28. The van der Waals surface area contributed by atoms with Gasteiger partial charge in [-0.25, -0.2) is 0 Å². The van der Waals surface area contributed by atoms with E-state index in [1.807, 2.05) is 51.1 Å². The van der Waals surface area contributed by atoms with E-state index >= 15 is 0 Å². The van der Waals surface area contributed by atoms with Crippen LogP contribution in [0.25, 0.3) is 16.9 Å². The monoisotopic (exact) mass is 407 g/mol. The number of carbonyl (C=O) groups is 2. The molecule has 3 heterocycles. The van der Waals surface area contributed by atoms with Crippen molar-refractivity contribution >= 4 is 17.5 Å². The lowest BCUT2D eigenvalue weighted by atomic mass is 10.1. The van der Waals surface area contributed by atoms with Crippen molar-refractivity contribution in [3.63, 3.8) is 0 Å². The number of amides is 2. The van der Waals surface area contributed by atoms with Crippen LogP contribution < -0.4 is 10.9 Å². The second-order valence-electron chi connectivity index (χ2n) is 7.53. The highest BCUT2D eigenvalue weighted by Gasteiger charge is 2.36. The summed E-state index contributed by atoms with van der Waals surface area (Å²) in [7, 11) is 0. The van der Waals surface area contributed by atoms with Crippen LogP contribution in [0.2, 0.25) is 0 Å². The summed E-state index contributed by atoms with van der Waals surface area (Å²) in [6, 6.07) is 11.3. The van der Waals surface area contributed by atoms with Crippen LogP contribution in [0.1, 0.15) is 43.2 Å². The Hall–Kier alpha value is -3.42. The number of nitrogens with zero attached hydrogens (tertiary/aromatic N) is 4. The fraction of sp³-hybridized carbons (Fsp3) is 0.364. The summed E-state index contributed by atoms with van der Waals surface area (Å²) >= 11 is 0. The highest BCUT2D eigenvalue weighted by atomic mass is 16.2. The smallest absolute Gasteiger partial charge is 0.280 e. The maximum atomic E-state index is 13.2. The van der Waals surface area contributed by atoms with E-state index in [0.29, 0.717) is 29.1 Å². The Morgan fingerprint density at radius 3 is 2.60 bits per heavy atom. The minimum Gasteiger partial charge on any atom is -0.355 e. The van der Waals surface area contributed by atoms with Crippen molar-refractivity contribution in [2.45, 2.75) is 46.3 Å². The average Bonchev–Trinajstić information content (AvgIpc) is 3.34. The third-order valence-corrected chi connectivity index (χ3v) is 5.63. The summed E-state index contributed by atoms with van der Waals surface area (Å²) in [5.74, 6) is -0.437. The SMILES string of the molecule is CCNC(=O)Cn1c2c(c(=O)n3nc(-c4ccccc4)cc13)CN([C@@H](C)CC)C2=O. The molecule has 0 fully saturated rings. The molecule has 0 bridgehead atoms. The van der Waals surface area contributed by atoms with E-state index in [1.54, 1.807) is 15.5 Å². The van der Waals surface area contributed by atoms with Gasteiger partial charge in [0.25, 0.3) is 11.5 Å². The molecular formula is C22H25N5O3. The van der Waals surface area contributed by atoms with E-state index in [2.05, 4.69) is 10.4 Å². The number of benzene rings is 1. The quantitative estimate of drug-likeness (QED) is 0.677. The molecule has 8 nitrogen and oxygen atoms in total. The Morgan fingerprint density at radius 2 is 1.93 bits per heavy atom. The highest BCUT2D eigenvalue weighted by molar-refractivity contribution is 5.98. The molecule has 30 heavy (non-hydrogen) atoms. The fourth-order valence-corrected chi connectivity index (χ4v) is 3.87. The van der Waals surface area contributed by atoms with Crippen molar-refractivity contribution in [3.05, 3.63) is 58.0 Å². The van der Waals surface area contributed by atoms with Gasteiger partial charge < -0.3 is 14.8 Å². The van der Waals surface area contributed by atoms with E-state index in [-0.39, 0.29) is 36.5 Å². The van der Waals surface area contributed by atoms with Gasteiger partial charge in [0, 0.05) is 24.2 Å². The van der Waals surface area contributed by atoms with Crippen LogP contribution >= 0.6 is 0 Å². The first-order valence-corrected chi connectivity index (χ1v) is 10.2. The number of carbonyl (C=O) groups excluding carboxylic acids is 2. The summed E-state index contributed by atoms with van der Waals surface area (Å²) in [6.07, 6.45) is 0.777. The van der Waals surface area contributed by atoms with Crippen LogP contribution in [0, 0.1) is 0 Å². The number of hydrogen-bond donors (Lipinski definition) is 1. The van der Waals surface area contributed by atoms with Gasteiger partial charge >= 0.3 is 0 Å². The largest absolute Gasteiger partial charge is 0.355 e. The highest BCUT2D eigenvalue weighted by Crippen LogP contribution is 2.27. The lowest BCUT2D eigenvalue weighted by Gasteiger charge is -2.22. The molecule has 1 aliphatic heterocycles. The van der Waals surface area contributed by atoms with Gasteiger partial charge in [-0.1, -0.05) is 37.3 Å². The number of nitrogens with one attached hydrogen (secondary N) is 1. The lowest BCUT2D eigenvalue weighted by Crippen LogP contribution is -2.34. The first-order valence-electron chi connectivity index (χ1n) is 10.2. The molecule has 3 aromatic rings. The second kappa shape index (κ2) is 7.78. The van der Waals surface area contributed by atoms with E-state index in [4.69, 9.17) is 0 Å². The van der Waals surface area contributed by atoms with E-state index < -0.39 is 0 Å². The zero-order valence-corrected chi connectivity index (χ0v) is 17.4. The summed E-state index contributed by atoms with van der Waals surface area (Å²) in [5.41, 5.74) is 2.28. The molecule has 8 heteroatoms. The van der Waals surface area contributed by atoms with E-state index in [1.165, 1.54) is 4.52 Å². The van der Waals surface area contributed by atoms with Gasteiger partial charge in [-0.2, -0.15) is 9.61 Å². The Labute approximate surface area is 174 Å². The Kier molecular flexibility index (Phi) is 5.15. The van der Waals surface area contributed by atoms with Crippen LogP contribution in [-0.2, 0) is 17.9 Å². The average molecular weight is 407 g/mol. The molecule has 2 aromatic heterocycles. The van der Waals surface area contributed by atoms with Gasteiger partial charge in [-0.15, -0.1) is 0 Å². The molecule has 4 rings (SSSR count). The normalized spacial score (nSPS) is 14.2. The minimum absolute atomic E-state index is 0.00517. The Morgan fingerprint density at radius 1 is 1.20 bits per heavy atom. The third kappa shape index (κ3) is 3.18. The molecule has 0 saturated carbocycles. The van der Waals surface area contributed by atoms with Gasteiger partial charge in [0.15, 0.2) is 0 Å². The minimum atomic E-state index is -0.312. The van der Waals surface area contributed by atoms with Gasteiger partial charge in [0.1, 0.15) is 17.9 Å².